The summed E-state index contributed by atoms with van der Waals surface area (Å²) in [7, 11) is -4.01. The van der Waals surface area contributed by atoms with E-state index in [0.717, 1.165) is 4.31 Å². The number of pyridine rings is 1. The van der Waals surface area contributed by atoms with Gasteiger partial charge in [-0.2, -0.15) is 4.31 Å². The Bertz CT molecular complexity index is 1010. The minimum absolute atomic E-state index is 0.0588. The summed E-state index contributed by atoms with van der Waals surface area (Å²) in [5, 5.41) is 3.17. The zero-order valence-corrected chi connectivity index (χ0v) is 12.7. The summed E-state index contributed by atoms with van der Waals surface area (Å²) >= 11 is 0. The Hall–Kier alpha value is -2.87. The molecule has 0 saturated heterocycles. The van der Waals surface area contributed by atoms with Gasteiger partial charge in [-0.15, -0.1) is 0 Å². The fourth-order valence-corrected chi connectivity index (χ4v) is 4.13. The molecular formula is C15H12N4O3S. The van der Waals surface area contributed by atoms with E-state index in [0.29, 0.717) is 22.3 Å². The van der Waals surface area contributed by atoms with Gasteiger partial charge in [0.1, 0.15) is 5.65 Å². The summed E-state index contributed by atoms with van der Waals surface area (Å²) in [5.41, 5.74) is 1.53. The number of H-pyrrole nitrogens is 1. The Labute approximate surface area is 132 Å². The van der Waals surface area contributed by atoms with E-state index in [-0.39, 0.29) is 11.4 Å². The van der Waals surface area contributed by atoms with Gasteiger partial charge >= 0.3 is 6.03 Å². The van der Waals surface area contributed by atoms with Crippen LogP contribution in [0.4, 0.5) is 10.5 Å². The molecule has 3 aromatic rings. The van der Waals surface area contributed by atoms with Crippen molar-refractivity contribution in [1.29, 1.82) is 0 Å². The molecule has 1 aliphatic heterocycles. The third-order valence-corrected chi connectivity index (χ3v) is 5.43. The Morgan fingerprint density at radius 3 is 2.70 bits per heavy atom. The fraction of sp³-hybridized carbons (Fsp3) is 0.0667. The van der Waals surface area contributed by atoms with Gasteiger partial charge in [-0.1, -0.05) is 18.2 Å². The molecule has 0 bridgehead atoms. The van der Waals surface area contributed by atoms with E-state index in [1.807, 2.05) is 0 Å². The van der Waals surface area contributed by atoms with E-state index in [9.17, 15) is 13.2 Å². The monoisotopic (exact) mass is 328 g/mol. The highest BCUT2D eigenvalue weighted by molar-refractivity contribution is 7.93. The van der Waals surface area contributed by atoms with E-state index >= 15 is 0 Å². The number of carbonyl (C=O) groups excluding carboxylic acids is 1. The number of urea groups is 1. The number of nitrogens with zero attached hydrogens (tertiary/aromatic N) is 2. The van der Waals surface area contributed by atoms with Crippen LogP contribution in [0.25, 0.3) is 11.0 Å². The van der Waals surface area contributed by atoms with Gasteiger partial charge < -0.3 is 10.3 Å². The summed E-state index contributed by atoms with van der Waals surface area (Å²) in [6.07, 6.45) is 3.24. The SMILES string of the molecule is O=C1NCc2cnc3[nH]ccc3c2N1S(=O)(=O)c1ccccc1. The second kappa shape index (κ2) is 4.82. The summed E-state index contributed by atoms with van der Waals surface area (Å²) in [5.74, 6) is 0. The molecule has 1 aromatic carbocycles. The molecule has 0 atom stereocenters. The van der Waals surface area contributed by atoms with Crippen LogP contribution in [0.2, 0.25) is 0 Å². The van der Waals surface area contributed by atoms with Gasteiger partial charge in [0.2, 0.25) is 0 Å². The van der Waals surface area contributed by atoms with Crippen molar-refractivity contribution in [1.82, 2.24) is 15.3 Å². The van der Waals surface area contributed by atoms with Gasteiger partial charge in [0.05, 0.1) is 10.6 Å². The molecule has 0 saturated carbocycles. The van der Waals surface area contributed by atoms with Crippen molar-refractivity contribution in [3.63, 3.8) is 0 Å². The van der Waals surface area contributed by atoms with Crippen LogP contribution in [0, 0.1) is 0 Å². The number of amides is 2. The lowest BCUT2D eigenvalue weighted by Gasteiger charge is -2.29. The zero-order valence-electron chi connectivity index (χ0n) is 11.9. The molecule has 23 heavy (non-hydrogen) atoms. The van der Waals surface area contributed by atoms with Crippen molar-refractivity contribution >= 4 is 32.8 Å². The number of rotatable bonds is 2. The highest BCUT2D eigenvalue weighted by atomic mass is 32.2. The Kier molecular flexibility index (Phi) is 2.88. The average molecular weight is 328 g/mol. The molecule has 4 rings (SSSR count). The molecule has 2 N–H and O–H groups in total. The van der Waals surface area contributed by atoms with Crippen molar-refractivity contribution in [2.75, 3.05) is 4.31 Å². The summed E-state index contributed by atoms with van der Waals surface area (Å²) in [6.45, 7) is 0.239. The number of aromatic amines is 1. The molecule has 1 aliphatic rings. The number of hydrogen-bond acceptors (Lipinski definition) is 4. The van der Waals surface area contributed by atoms with Gasteiger partial charge in [-0.05, 0) is 18.2 Å². The maximum absolute atomic E-state index is 13.0. The normalized spacial score (nSPS) is 14.6. The molecule has 7 nitrogen and oxygen atoms in total. The second-order valence-corrected chi connectivity index (χ2v) is 6.90. The minimum atomic E-state index is -4.01. The average Bonchev–Trinajstić information content (AvgIpc) is 3.04. The van der Waals surface area contributed by atoms with Crippen molar-refractivity contribution in [3.05, 3.63) is 54.4 Å². The molecule has 0 fully saturated rings. The maximum Gasteiger partial charge on any atom is 0.336 e. The lowest BCUT2D eigenvalue weighted by atomic mass is 10.1. The molecular weight excluding hydrogens is 316 g/mol. The molecule has 0 aliphatic carbocycles. The topological polar surface area (TPSA) is 95.2 Å². The third-order valence-electron chi connectivity index (χ3n) is 3.73. The number of sulfonamides is 1. The van der Waals surface area contributed by atoms with E-state index in [1.165, 1.54) is 12.1 Å². The van der Waals surface area contributed by atoms with Gasteiger partial charge in [0, 0.05) is 29.9 Å². The highest BCUT2D eigenvalue weighted by Gasteiger charge is 2.36. The van der Waals surface area contributed by atoms with Crippen LogP contribution in [-0.2, 0) is 16.6 Å². The number of fused-ring (bicyclic) bond motifs is 3. The van der Waals surface area contributed by atoms with Crippen molar-refractivity contribution in [3.8, 4) is 0 Å². The first-order chi connectivity index (χ1) is 11.1. The number of hydrogen-bond donors (Lipinski definition) is 2. The summed E-state index contributed by atoms with van der Waals surface area (Å²) in [4.78, 5) is 19.6. The quantitative estimate of drug-likeness (QED) is 0.752. The lowest BCUT2D eigenvalue weighted by molar-refractivity contribution is 0.248. The standard InChI is InChI=1S/C15H12N4O3S/c20-15-18-9-10-8-17-14-12(6-7-16-14)13(10)19(15)23(21,22)11-4-2-1-3-5-11/h1-8H,9H2,(H,16,17)(H,18,20). The smallest absolute Gasteiger partial charge is 0.336 e. The molecule has 0 radical (unpaired) electrons. The zero-order chi connectivity index (χ0) is 16.0. The third kappa shape index (κ3) is 1.99. The van der Waals surface area contributed by atoms with Crippen LogP contribution in [0.1, 0.15) is 5.56 Å². The molecule has 8 heteroatoms. The number of aromatic nitrogens is 2. The predicted octanol–water partition coefficient (Wildman–Crippen LogP) is 1.98. The van der Waals surface area contributed by atoms with Crippen LogP contribution in [0.5, 0.6) is 0 Å². The van der Waals surface area contributed by atoms with Crippen molar-refractivity contribution < 1.29 is 13.2 Å². The predicted molar refractivity (Wildman–Crippen MR) is 84.4 cm³/mol. The Morgan fingerprint density at radius 2 is 1.91 bits per heavy atom. The first kappa shape index (κ1) is 13.8. The van der Waals surface area contributed by atoms with E-state index in [2.05, 4.69) is 15.3 Å². The number of nitrogens with one attached hydrogen (secondary N) is 2. The first-order valence-electron chi connectivity index (χ1n) is 6.92. The number of anilines is 1. The van der Waals surface area contributed by atoms with Gasteiger partial charge in [0.25, 0.3) is 10.0 Å². The van der Waals surface area contributed by atoms with Crippen molar-refractivity contribution in [2.45, 2.75) is 11.4 Å². The molecule has 0 spiro atoms. The number of carbonyl (C=O) groups is 1. The van der Waals surface area contributed by atoms with Gasteiger partial charge in [-0.3, -0.25) is 0 Å². The van der Waals surface area contributed by atoms with Crippen LogP contribution >= 0.6 is 0 Å². The maximum atomic E-state index is 13.0. The molecule has 116 valence electrons. The highest BCUT2D eigenvalue weighted by Crippen LogP contribution is 2.35. The molecule has 2 aromatic heterocycles. The van der Waals surface area contributed by atoms with Crippen molar-refractivity contribution in [2.24, 2.45) is 0 Å². The van der Waals surface area contributed by atoms with E-state index in [1.54, 1.807) is 36.7 Å². The molecule has 3 heterocycles. The summed E-state index contributed by atoms with van der Waals surface area (Å²) < 4.78 is 26.7. The minimum Gasteiger partial charge on any atom is -0.346 e. The van der Waals surface area contributed by atoms with Gasteiger partial charge in [0.15, 0.2) is 0 Å². The molecule has 2 amide bonds. The van der Waals surface area contributed by atoms with Crippen LogP contribution in [0.3, 0.4) is 0 Å². The van der Waals surface area contributed by atoms with E-state index in [4.69, 9.17) is 0 Å². The first-order valence-corrected chi connectivity index (χ1v) is 8.36. The fourth-order valence-electron chi connectivity index (χ4n) is 2.68. The second-order valence-electron chi connectivity index (χ2n) is 5.11. The Balaban J connectivity index is 2.00. The summed E-state index contributed by atoms with van der Waals surface area (Å²) in [6, 6.07) is 8.93. The lowest BCUT2D eigenvalue weighted by Crippen LogP contribution is -2.47. The van der Waals surface area contributed by atoms with Crippen LogP contribution in [-0.4, -0.2) is 24.4 Å². The largest absolute Gasteiger partial charge is 0.346 e. The van der Waals surface area contributed by atoms with Crippen LogP contribution < -0.4 is 9.62 Å². The van der Waals surface area contributed by atoms with E-state index < -0.39 is 16.1 Å². The van der Waals surface area contributed by atoms with Crippen LogP contribution in [0.15, 0.2) is 53.7 Å². The Morgan fingerprint density at radius 1 is 1.13 bits per heavy atom. The number of benzene rings is 1. The van der Waals surface area contributed by atoms with Gasteiger partial charge in [-0.25, -0.2) is 18.2 Å². The molecule has 0 unspecified atom stereocenters.